The summed E-state index contributed by atoms with van der Waals surface area (Å²) >= 11 is 0. The van der Waals surface area contributed by atoms with Gasteiger partial charge in [0.05, 0.1) is 5.92 Å². The molecule has 0 radical (unpaired) electrons. The van der Waals surface area contributed by atoms with Crippen molar-refractivity contribution in [3.8, 4) is 0 Å². The van der Waals surface area contributed by atoms with E-state index in [0.29, 0.717) is 6.42 Å². The zero-order valence-electron chi connectivity index (χ0n) is 10.4. The first-order chi connectivity index (χ1) is 8.74. The summed E-state index contributed by atoms with van der Waals surface area (Å²) in [4.78, 5) is 13.5. The number of fused-ring (bicyclic) bond motifs is 1. The second-order valence-corrected chi connectivity index (χ2v) is 4.66. The number of carboxylic acids is 1. The molecule has 2 rings (SSSR count). The molecule has 1 aliphatic heterocycles. The fourth-order valence-corrected chi connectivity index (χ4v) is 2.53. The summed E-state index contributed by atoms with van der Waals surface area (Å²) < 4.78 is 0. The highest BCUT2D eigenvalue weighted by molar-refractivity contribution is 5.80. The van der Waals surface area contributed by atoms with E-state index in [1.807, 2.05) is 24.3 Å². The lowest BCUT2D eigenvalue weighted by molar-refractivity contribution is -0.139. The summed E-state index contributed by atoms with van der Waals surface area (Å²) in [5.74, 6) is -1.12. The third-order valence-electron chi connectivity index (χ3n) is 3.47. The van der Waals surface area contributed by atoms with E-state index in [-0.39, 0.29) is 12.5 Å². The van der Waals surface area contributed by atoms with Crippen molar-refractivity contribution >= 4 is 11.7 Å². The van der Waals surface area contributed by atoms with E-state index in [2.05, 4.69) is 4.90 Å². The van der Waals surface area contributed by atoms with Crippen LogP contribution in [0.4, 0.5) is 5.69 Å². The minimum atomic E-state index is -0.738. The number of carboxylic acid groups (broad SMARTS) is 1. The van der Waals surface area contributed by atoms with Gasteiger partial charge in [0.2, 0.25) is 0 Å². The van der Waals surface area contributed by atoms with Crippen LogP contribution < -0.4 is 4.90 Å². The van der Waals surface area contributed by atoms with Gasteiger partial charge in [-0.3, -0.25) is 4.79 Å². The van der Waals surface area contributed by atoms with Gasteiger partial charge >= 0.3 is 5.97 Å². The third kappa shape index (κ3) is 2.64. The van der Waals surface area contributed by atoms with Crippen LogP contribution >= 0.6 is 0 Å². The Labute approximate surface area is 107 Å². The molecule has 1 aliphatic rings. The molecule has 1 aromatic rings. The molecule has 18 heavy (non-hydrogen) atoms. The average Bonchev–Trinajstić information content (AvgIpc) is 2.38. The minimum Gasteiger partial charge on any atom is -0.481 e. The molecule has 2 N–H and O–H groups in total. The van der Waals surface area contributed by atoms with Crippen molar-refractivity contribution in [2.45, 2.75) is 25.2 Å². The molecule has 0 saturated heterocycles. The van der Waals surface area contributed by atoms with Crippen LogP contribution in [0, 0.1) is 0 Å². The monoisotopic (exact) mass is 249 g/mol. The van der Waals surface area contributed by atoms with E-state index in [1.165, 1.54) is 0 Å². The molecule has 0 aromatic heterocycles. The zero-order valence-corrected chi connectivity index (χ0v) is 10.4. The van der Waals surface area contributed by atoms with Crippen LogP contribution in [0.25, 0.3) is 0 Å². The van der Waals surface area contributed by atoms with E-state index < -0.39 is 5.97 Å². The van der Waals surface area contributed by atoms with E-state index in [4.69, 9.17) is 5.11 Å². The van der Waals surface area contributed by atoms with E-state index >= 15 is 0 Å². The predicted octanol–water partition coefficient (Wildman–Crippen LogP) is 1.84. The van der Waals surface area contributed by atoms with Crippen LogP contribution in [0.5, 0.6) is 0 Å². The Morgan fingerprint density at radius 1 is 1.33 bits per heavy atom. The number of carbonyl (C=O) groups is 1. The highest BCUT2D eigenvalue weighted by atomic mass is 16.4. The first kappa shape index (κ1) is 12.9. The number of para-hydroxylation sites is 1. The number of benzene rings is 1. The molecule has 1 heterocycles. The van der Waals surface area contributed by atoms with Crippen LogP contribution in [0.15, 0.2) is 24.3 Å². The highest BCUT2D eigenvalue weighted by Gasteiger charge is 2.29. The van der Waals surface area contributed by atoms with Gasteiger partial charge in [0.1, 0.15) is 0 Å². The predicted molar refractivity (Wildman–Crippen MR) is 70.0 cm³/mol. The van der Waals surface area contributed by atoms with Gasteiger partial charge in [0, 0.05) is 25.4 Å². The lowest BCUT2D eigenvalue weighted by atomic mass is 9.90. The van der Waals surface area contributed by atoms with Crippen LogP contribution in [0.2, 0.25) is 0 Å². The molecular formula is C14H19NO3. The van der Waals surface area contributed by atoms with Gasteiger partial charge in [0.15, 0.2) is 0 Å². The minimum absolute atomic E-state index is 0.216. The van der Waals surface area contributed by atoms with Crippen molar-refractivity contribution in [3.63, 3.8) is 0 Å². The number of hydrogen-bond donors (Lipinski definition) is 2. The van der Waals surface area contributed by atoms with E-state index in [0.717, 1.165) is 37.2 Å². The Hall–Kier alpha value is -1.55. The Morgan fingerprint density at radius 3 is 2.83 bits per heavy atom. The van der Waals surface area contributed by atoms with Gasteiger partial charge in [-0.2, -0.15) is 0 Å². The molecule has 0 fully saturated rings. The lowest BCUT2D eigenvalue weighted by Crippen LogP contribution is -2.34. The summed E-state index contributed by atoms with van der Waals surface area (Å²) in [6.07, 6.45) is 2.38. The number of unbranched alkanes of at least 4 members (excludes halogenated alkanes) is 1. The van der Waals surface area contributed by atoms with Crippen LogP contribution in [-0.2, 0) is 4.79 Å². The molecule has 1 unspecified atom stereocenters. The largest absolute Gasteiger partial charge is 0.481 e. The van der Waals surface area contributed by atoms with E-state index in [1.54, 1.807) is 0 Å². The zero-order chi connectivity index (χ0) is 13.0. The first-order valence-electron chi connectivity index (χ1n) is 6.41. The molecule has 0 amide bonds. The molecule has 0 aliphatic carbocycles. The Balaban J connectivity index is 2.17. The van der Waals surface area contributed by atoms with Gasteiger partial charge in [-0.1, -0.05) is 18.2 Å². The summed E-state index contributed by atoms with van der Waals surface area (Å²) in [6, 6.07) is 7.74. The molecule has 98 valence electrons. The second-order valence-electron chi connectivity index (χ2n) is 4.66. The van der Waals surface area contributed by atoms with Crippen molar-refractivity contribution in [3.05, 3.63) is 29.8 Å². The van der Waals surface area contributed by atoms with Crippen molar-refractivity contribution in [2.24, 2.45) is 0 Å². The molecule has 0 saturated carbocycles. The summed E-state index contributed by atoms with van der Waals surface area (Å²) in [5, 5.41) is 18.0. The van der Waals surface area contributed by atoms with Gasteiger partial charge in [-0.15, -0.1) is 0 Å². The summed E-state index contributed by atoms with van der Waals surface area (Å²) in [6.45, 7) is 1.87. The fraction of sp³-hybridized carbons (Fsp3) is 0.500. The maximum Gasteiger partial charge on any atom is 0.311 e. The molecule has 1 aromatic carbocycles. The smallest absolute Gasteiger partial charge is 0.311 e. The van der Waals surface area contributed by atoms with Gasteiger partial charge in [0.25, 0.3) is 0 Å². The maximum absolute atomic E-state index is 11.2. The molecule has 1 atom stereocenters. The number of aliphatic hydroxyl groups excluding tert-OH is 1. The van der Waals surface area contributed by atoms with Crippen molar-refractivity contribution in [1.82, 2.24) is 0 Å². The number of rotatable bonds is 5. The summed E-state index contributed by atoms with van der Waals surface area (Å²) in [5.41, 5.74) is 1.95. The topological polar surface area (TPSA) is 60.8 Å². The van der Waals surface area contributed by atoms with E-state index in [9.17, 15) is 9.90 Å². The number of hydrogen-bond acceptors (Lipinski definition) is 3. The number of aliphatic hydroxyl groups is 1. The molecule has 0 bridgehead atoms. The maximum atomic E-state index is 11.2. The van der Waals surface area contributed by atoms with Crippen LogP contribution in [-0.4, -0.2) is 35.9 Å². The number of anilines is 1. The summed E-state index contributed by atoms with van der Waals surface area (Å²) in [7, 11) is 0. The van der Waals surface area contributed by atoms with Crippen LogP contribution in [0.1, 0.15) is 30.7 Å². The third-order valence-corrected chi connectivity index (χ3v) is 3.47. The standard InChI is InChI=1S/C14H19NO3/c16-10-4-3-8-15-9-7-12(14(17)18)11-5-1-2-6-13(11)15/h1-2,5-6,12,16H,3-4,7-10H2,(H,17,18). The highest BCUT2D eigenvalue weighted by Crippen LogP contribution is 2.35. The molecule has 0 spiro atoms. The van der Waals surface area contributed by atoms with Crippen molar-refractivity contribution in [1.29, 1.82) is 0 Å². The second kappa shape index (κ2) is 5.87. The lowest BCUT2D eigenvalue weighted by Gasteiger charge is -2.34. The van der Waals surface area contributed by atoms with Crippen molar-refractivity contribution < 1.29 is 15.0 Å². The fourth-order valence-electron chi connectivity index (χ4n) is 2.53. The molecule has 4 nitrogen and oxygen atoms in total. The quantitative estimate of drug-likeness (QED) is 0.782. The normalized spacial score (nSPS) is 18.5. The van der Waals surface area contributed by atoms with Gasteiger partial charge < -0.3 is 15.1 Å². The van der Waals surface area contributed by atoms with Crippen molar-refractivity contribution in [2.75, 3.05) is 24.6 Å². The SMILES string of the molecule is O=C(O)C1CCN(CCCCO)c2ccccc21. The Kier molecular flexibility index (Phi) is 4.20. The molecule has 4 heteroatoms. The van der Waals surface area contributed by atoms with Gasteiger partial charge in [-0.25, -0.2) is 0 Å². The number of aliphatic carboxylic acids is 1. The van der Waals surface area contributed by atoms with Crippen LogP contribution in [0.3, 0.4) is 0 Å². The number of nitrogens with zero attached hydrogens (tertiary/aromatic N) is 1. The molecular weight excluding hydrogens is 230 g/mol. The first-order valence-corrected chi connectivity index (χ1v) is 6.41. The Bertz CT molecular complexity index is 419. The average molecular weight is 249 g/mol. The Morgan fingerprint density at radius 2 is 2.11 bits per heavy atom. The van der Waals surface area contributed by atoms with Gasteiger partial charge in [-0.05, 0) is 30.9 Å².